The smallest absolute Gasteiger partial charge is 0.415 e. The lowest BCUT2D eigenvalue weighted by atomic mass is 9.98. The van der Waals surface area contributed by atoms with E-state index in [9.17, 15) is 14.7 Å². The number of anilines is 1. The molecule has 0 unspecified atom stereocenters. The average molecular weight is 451 g/mol. The fourth-order valence-corrected chi connectivity index (χ4v) is 4.34. The maximum atomic E-state index is 13.3. The van der Waals surface area contributed by atoms with Crippen LogP contribution in [0.2, 0.25) is 0 Å². The first kappa shape index (κ1) is 21.3. The minimum Gasteiger partial charge on any atom is -0.478 e. The number of nitrogens with zero attached hydrogens (tertiary/aromatic N) is 3. The van der Waals surface area contributed by atoms with Crippen LogP contribution in [-0.4, -0.2) is 33.7 Å². The third-order valence-electron chi connectivity index (χ3n) is 5.91. The number of aromatic carboxylic acids is 1. The third kappa shape index (κ3) is 4.11. The van der Waals surface area contributed by atoms with Gasteiger partial charge in [-0.3, -0.25) is 4.90 Å². The zero-order chi connectivity index (χ0) is 23.5. The summed E-state index contributed by atoms with van der Waals surface area (Å²) in [7, 11) is 0. The summed E-state index contributed by atoms with van der Waals surface area (Å²) in [6.07, 6.45) is 2.33. The number of carboxylic acid groups (broad SMARTS) is 1. The van der Waals surface area contributed by atoms with E-state index in [4.69, 9.17) is 4.74 Å². The standard InChI is InChI=1S/C27H21N3O4/c31-26(32)19-7-5-6-18(14-19)15-30(25-12-13-28-17-29-25)27(33)34-16-24-22-10-3-1-8-20(22)21-9-2-4-11-23(21)24/h1-14,17,24H,15-16H2,(H,31,32). The second-order valence-corrected chi connectivity index (χ2v) is 7.96. The average Bonchev–Trinajstić information content (AvgIpc) is 3.20. The monoisotopic (exact) mass is 451 g/mol. The van der Waals surface area contributed by atoms with Gasteiger partial charge >= 0.3 is 12.1 Å². The van der Waals surface area contributed by atoms with Crippen LogP contribution in [0.25, 0.3) is 11.1 Å². The first-order valence-corrected chi connectivity index (χ1v) is 10.8. The zero-order valence-electron chi connectivity index (χ0n) is 18.2. The predicted molar refractivity (Wildman–Crippen MR) is 127 cm³/mol. The van der Waals surface area contributed by atoms with Crippen LogP contribution in [0.4, 0.5) is 10.6 Å². The Morgan fingerprint density at radius 1 is 0.912 bits per heavy atom. The van der Waals surface area contributed by atoms with E-state index in [0.29, 0.717) is 11.4 Å². The Morgan fingerprint density at radius 2 is 1.62 bits per heavy atom. The van der Waals surface area contributed by atoms with Crippen molar-refractivity contribution in [2.75, 3.05) is 11.5 Å². The number of amides is 1. The second-order valence-electron chi connectivity index (χ2n) is 7.96. The molecule has 0 saturated heterocycles. The molecule has 0 fully saturated rings. The topological polar surface area (TPSA) is 92.6 Å². The summed E-state index contributed by atoms with van der Waals surface area (Å²) < 4.78 is 5.82. The molecule has 5 rings (SSSR count). The highest BCUT2D eigenvalue weighted by atomic mass is 16.6. The fourth-order valence-electron chi connectivity index (χ4n) is 4.34. The highest BCUT2D eigenvalue weighted by molar-refractivity contribution is 5.89. The number of carbonyl (C=O) groups is 2. The van der Waals surface area contributed by atoms with Gasteiger partial charge in [0.25, 0.3) is 0 Å². The lowest BCUT2D eigenvalue weighted by Crippen LogP contribution is -2.33. The molecule has 7 nitrogen and oxygen atoms in total. The Kier molecular flexibility index (Phi) is 5.74. The van der Waals surface area contributed by atoms with Crippen LogP contribution in [0, 0.1) is 0 Å². The van der Waals surface area contributed by atoms with Gasteiger partial charge in [-0.2, -0.15) is 0 Å². The van der Waals surface area contributed by atoms with Gasteiger partial charge in [-0.1, -0.05) is 60.7 Å². The summed E-state index contributed by atoms with van der Waals surface area (Å²) in [5, 5.41) is 9.31. The van der Waals surface area contributed by atoms with E-state index in [0.717, 1.165) is 22.3 Å². The fraction of sp³-hybridized carbons (Fsp3) is 0.111. The van der Waals surface area contributed by atoms with E-state index in [1.54, 1.807) is 24.4 Å². The second kappa shape index (κ2) is 9.15. The van der Waals surface area contributed by atoms with Crippen molar-refractivity contribution in [3.05, 3.63) is 114 Å². The number of hydrogen-bond donors (Lipinski definition) is 1. The molecule has 0 atom stereocenters. The van der Waals surface area contributed by atoms with E-state index in [1.165, 1.54) is 23.4 Å². The molecule has 0 aliphatic heterocycles. The number of benzene rings is 3. The molecule has 168 valence electrons. The maximum Gasteiger partial charge on any atom is 0.415 e. The molecule has 1 aromatic heterocycles. The molecular weight excluding hydrogens is 430 g/mol. The summed E-state index contributed by atoms with van der Waals surface area (Å²) >= 11 is 0. The van der Waals surface area contributed by atoms with Crippen LogP contribution in [0.3, 0.4) is 0 Å². The van der Waals surface area contributed by atoms with Gasteiger partial charge in [0.15, 0.2) is 0 Å². The third-order valence-corrected chi connectivity index (χ3v) is 5.91. The Balaban J connectivity index is 1.40. The first-order chi connectivity index (χ1) is 16.6. The van der Waals surface area contributed by atoms with E-state index < -0.39 is 12.1 Å². The molecule has 34 heavy (non-hydrogen) atoms. The zero-order valence-corrected chi connectivity index (χ0v) is 18.2. The summed E-state index contributed by atoms with van der Waals surface area (Å²) in [5.41, 5.74) is 5.34. The number of fused-ring (bicyclic) bond motifs is 3. The van der Waals surface area contributed by atoms with Gasteiger partial charge in [0.1, 0.15) is 18.8 Å². The number of ether oxygens (including phenoxy) is 1. The molecule has 1 amide bonds. The molecule has 4 aromatic rings. The van der Waals surface area contributed by atoms with Crippen LogP contribution in [0.15, 0.2) is 91.4 Å². The summed E-state index contributed by atoms with van der Waals surface area (Å²) in [5.74, 6) is -0.733. The first-order valence-electron chi connectivity index (χ1n) is 10.8. The van der Waals surface area contributed by atoms with Crippen molar-refractivity contribution >= 4 is 17.9 Å². The van der Waals surface area contributed by atoms with Gasteiger partial charge in [0.2, 0.25) is 0 Å². The van der Waals surface area contributed by atoms with E-state index >= 15 is 0 Å². The number of aromatic nitrogens is 2. The highest BCUT2D eigenvalue weighted by Gasteiger charge is 2.30. The molecule has 0 saturated carbocycles. The largest absolute Gasteiger partial charge is 0.478 e. The van der Waals surface area contributed by atoms with Crippen molar-refractivity contribution in [3.8, 4) is 11.1 Å². The number of hydrogen-bond acceptors (Lipinski definition) is 5. The number of carboxylic acids is 1. The Bertz CT molecular complexity index is 1310. The molecule has 0 spiro atoms. The van der Waals surface area contributed by atoms with Crippen LogP contribution < -0.4 is 4.90 Å². The summed E-state index contributed by atoms with van der Waals surface area (Å²) in [6.45, 7) is 0.276. The Morgan fingerprint density at radius 3 is 2.26 bits per heavy atom. The van der Waals surface area contributed by atoms with Crippen LogP contribution in [0.5, 0.6) is 0 Å². The minimum atomic E-state index is -1.03. The van der Waals surface area contributed by atoms with Crippen molar-refractivity contribution in [1.82, 2.24) is 9.97 Å². The SMILES string of the molecule is O=C(O)c1cccc(CN(C(=O)OCC2c3ccccc3-c3ccccc32)c2ccncn2)c1. The van der Waals surface area contributed by atoms with Gasteiger partial charge in [-0.05, 0) is 46.0 Å². The molecule has 1 aliphatic carbocycles. The van der Waals surface area contributed by atoms with Gasteiger partial charge < -0.3 is 9.84 Å². The van der Waals surface area contributed by atoms with Gasteiger partial charge in [0, 0.05) is 12.1 Å². The van der Waals surface area contributed by atoms with Crippen LogP contribution in [-0.2, 0) is 11.3 Å². The predicted octanol–water partition coefficient (Wildman–Crippen LogP) is 5.13. The Labute approximate surface area is 196 Å². The van der Waals surface area contributed by atoms with Crippen molar-refractivity contribution in [3.63, 3.8) is 0 Å². The normalized spacial score (nSPS) is 12.0. The highest BCUT2D eigenvalue weighted by Crippen LogP contribution is 2.44. The van der Waals surface area contributed by atoms with E-state index in [1.807, 2.05) is 24.3 Å². The molecule has 1 heterocycles. The molecule has 0 radical (unpaired) electrons. The lowest BCUT2D eigenvalue weighted by molar-refractivity contribution is 0.0696. The quantitative estimate of drug-likeness (QED) is 0.437. The van der Waals surface area contributed by atoms with Crippen molar-refractivity contribution in [1.29, 1.82) is 0 Å². The van der Waals surface area contributed by atoms with Crippen LogP contribution >= 0.6 is 0 Å². The maximum absolute atomic E-state index is 13.3. The molecule has 7 heteroatoms. The van der Waals surface area contributed by atoms with Crippen molar-refractivity contribution < 1.29 is 19.4 Å². The molecule has 0 bridgehead atoms. The van der Waals surface area contributed by atoms with Crippen LogP contribution in [0.1, 0.15) is 33.0 Å². The van der Waals surface area contributed by atoms with E-state index in [2.05, 4.69) is 34.2 Å². The Hall–Kier alpha value is -4.52. The molecule has 1 N–H and O–H groups in total. The lowest BCUT2D eigenvalue weighted by Gasteiger charge is -2.23. The molecule has 3 aromatic carbocycles. The van der Waals surface area contributed by atoms with Gasteiger partial charge in [-0.15, -0.1) is 0 Å². The number of carbonyl (C=O) groups excluding carboxylic acids is 1. The molecule has 1 aliphatic rings. The van der Waals surface area contributed by atoms with E-state index in [-0.39, 0.29) is 24.6 Å². The van der Waals surface area contributed by atoms with Crippen molar-refractivity contribution in [2.45, 2.75) is 12.5 Å². The summed E-state index contributed by atoms with van der Waals surface area (Å²) in [4.78, 5) is 34.2. The van der Waals surface area contributed by atoms with Gasteiger partial charge in [0.05, 0.1) is 12.1 Å². The summed E-state index contributed by atoms with van der Waals surface area (Å²) in [6, 6.07) is 24.3. The minimum absolute atomic E-state index is 0.0704. The van der Waals surface area contributed by atoms with Crippen molar-refractivity contribution in [2.24, 2.45) is 0 Å². The number of rotatable bonds is 6. The molecular formula is C27H21N3O4. The van der Waals surface area contributed by atoms with Gasteiger partial charge in [-0.25, -0.2) is 19.6 Å².